The Bertz CT molecular complexity index is 721. The number of aromatic nitrogens is 2. The van der Waals surface area contributed by atoms with Crippen LogP contribution in [0.4, 0.5) is 0 Å². The second-order valence-electron chi connectivity index (χ2n) is 5.84. The van der Waals surface area contributed by atoms with E-state index < -0.39 is 0 Å². The van der Waals surface area contributed by atoms with Crippen molar-refractivity contribution in [2.45, 2.75) is 38.6 Å². The van der Waals surface area contributed by atoms with E-state index in [9.17, 15) is 4.79 Å². The van der Waals surface area contributed by atoms with Crippen molar-refractivity contribution in [3.05, 3.63) is 37.3 Å². The van der Waals surface area contributed by atoms with Crippen LogP contribution in [0.25, 0.3) is 10.9 Å². The third-order valence-electron chi connectivity index (χ3n) is 4.10. The van der Waals surface area contributed by atoms with Gasteiger partial charge in [-0.15, -0.1) is 0 Å². The fourth-order valence-electron chi connectivity index (χ4n) is 2.97. The van der Waals surface area contributed by atoms with Gasteiger partial charge in [0.05, 0.1) is 17.4 Å². The number of H-pyrrole nitrogens is 1. The fourth-order valence-corrected chi connectivity index (χ4v) is 4.29. The summed E-state index contributed by atoms with van der Waals surface area (Å²) in [4.78, 5) is 22.3. The Morgan fingerprint density at radius 1 is 1.09 bits per heavy atom. The lowest BCUT2D eigenvalue weighted by Crippen LogP contribution is -2.29. The summed E-state index contributed by atoms with van der Waals surface area (Å²) in [5, 5.41) is 0.609. The van der Waals surface area contributed by atoms with E-state index in [4.69, 9.17) is 0 Å². The summed E-state index contributed by atoms with van der Waals surface area (Å²) in [6.07, 6.45) is 6.42. The Morgan fingerprint density at radius 3 is 2.50 bits per heavy atom. The molecule has 1 aromatic heterocycles. The number of aromatic amines is 1. The molecule has 0 saturated carbocycles. The molecule has 0 bridgehead atoms. The van der Waals surface area contributed by atoms with Crippen molar-refractivity contribution < 1.29 is 0 Å². The third-order valence-corrected chi connectivity index (χ3v) is 5.16. The molecule has 22 heavy (non-hydrogen) atoms. The second kappa shape index (κ2) is 7.23. The molecule has 1 fully saturated rings. The first-order valence-electron chi connectivity index (χ1n) is 7.74. The first-order valence-corrected chi connectivity index (χ1v) is 9.32. The van der Waals surface area contributed by atoms with Crippen LogP contribution < -0.4 is 5.56 Å². The molecule has 0 atom stereocenters. The summed E-state index contributed by atoms with van der Waals surface area (Å²) < 4.78 is 1.72. The van der Waals surface area contributed by atoms with E-state index in [1.807, 2.05) is 12.1 Å². The molecule has 0 aliphatic carbocycles. The average Bonchev–Trinajstić information content (AvgIpc) is 2.43. The summed E-state index contributed by atoms with van der Waals surface area (Å²) in [5.74, 6) is 0.751. The highest BCUT2D eigenvalue weighted by Gasteiger charge is 2.13. The van der Waals surface area contributed by atoms with Gasteiger partial charge in [-0.1, -0.05) is 35.2 Å². The summed E-state index contributed by atoms with van der Waals surface area (Å²) in [6, 6.07) is 3.74. The number of hydrogen-bond acceptors (Lipinski definition) is 3. The van der Waals surface area contributed by atoms with Gasteiger partial charge in [0.1, 0.15) is 5.82 Å². The molecule has 2 heterocycles. The number of nitrogens with one attached hydrogen (secondary N) is 1. The molecule has 1 aliphatic heterocycles. The van der Waals surface area contributed by atoms with E-state index in [1.165, 1.54) is 32.1 Å². The lowest BCUT2D eigenvalue weighted by Gasteiger charge is -2.23. The number of fused-ring (bicyclic) bond motifs is 1. The summed E-state index contributed by atoms with van der Waals surface area (Å²) in [6.45, 7) is 2.89. The van der Waals surface area contributed by atoms with Crippen LogP contribution in [0.3, 0.4) is 0 Å². The zero-order valence-corrected chi connectivity index (χ0v) is 15.5. The van der Waals surface area contributed by atoms with Crippen molar-refractivity contribution in [1.82, 2.24) is 14.9 Å². The van der Waals surface area contributed by atoms with Crippen molar-refractivity contribution >= 4 is 42.8 Å². The Labute approximate surface area is 146 Å². The zero-order chi connectivity index (χ0) is 15.5. The van der Waals surface area contributed by atoms with Gasteiger partial charge in [-0.25, -0.2) is 4.98 Å². The number of nitrogens with zero attached hydrogens (tertiary/aromatic N) is 2. The predicted octanol–water partition coefficient (Wildman–Crippen LogP) is 4.21. The lowest BCUT2D eigenvalue weighted by molar-refractivity contribution is 0.234. The average molecular weight is 429 g/mol. The molecular formula is C16H19Br2N3O. The van der Waals surface area contributed by atoms with E-state index in [0.29, 0.717) is 11.9 Å². The van der Waals surface area contributed by atoms with E-state index in [0.717, 1.165) is 33.4 Å². The molecule has 0 unspecified atom stereocenters. The summed E-state index contributed by atoms with van der Waals surface area (Å²) in [5.41, 5.74) is 0.656. The van der Waals surface area contributed by atoms with Crippen molar-refractivity contribution in [3.63, 3.8) is 0 Å². The van der Waals surface area contributed by atoms with Gasteiger partial charge in [-0.3, -0.25) is 9.69 Å². The lowest BCUT2D eigenvalue weighted by atomic mass is 10.1. The van der Waals surface area contributed by atoms with Crippen molar-refractivity contribution in [2.24, 2.45) is 0 Å². The maximum Gasteiger partial charge on any atom is 0.258 e. The third kappa shape index (κ3) is 3.78. The first-order chi connectivity index (χ1) is 10.6. The fraction of sp³-hybridized carbons (Fsp3) is 0.500. The van der Waals surface area contributed by atoms with E-state index in [2.05, 4.69) is 46.7 Å². The van der Waals surface area contributed by atoms with Crippen LogP contribution >= 0.6 is 31.9 Å². The molecule has 0 amide bonds. The number of rotatable bonds is 2. The van der Waals surface area contributed by atoms with Crippen LogP contribution in [0.1, 0.15) is 37.9 Å². The van der Waals surface area contributed by atoms with E-state index in [-0.39, 0.29) is 5.56 Å². The largest absolute Gasteiger partial charge is 0.309 e. The number of benzene rings is 1. The minimum atomic E-state index is -0.0750. The van der Waals surface area contributed by atoms with Crippen molar-refractivity contribution in [3.8, 4) is 0 Å². The number of hydrogen-bond donors (Lipinski definition) is 1. The minimum absolute atomic E-state index is 0.0750. The molecular weight excluding hydrogens is 410 g/mol. The van der Waals surface area contributed by atoms with Crippen LogP contribution in [0.2, 0.25) is 0 Å². The van der Waals surface area contributed by atoms with Gasteiger partial charge >= 0.3 is 0 Å². The molecule has 2 aromatic rings. The van der Waals surface area contributed by atoms with Gasteiger partial charge < -0.3 is 4.98 Å². The van der Waals surface area contributed by atoms with E-state index >= 15 is 0 Å². The predicted molar refractivity (Wildman–Crippen MR) is 96.1 cm³/mol. The van der Waals surface area contributed by atoms with Gasteiger partial charge in [-0.05, 0) is 54.0 Å². The molecule has 6 heteroatoms. The molecule has 1 aromatic carbocycles. The van der Waals surface area contributed by atoms with Crippen molar-refractivity contribution in [1.29, 1.82) is 0 Å². The Kier molecular flexibility index (Phi) is 5.31. The standard InChI is InChI=1S/C16H19Br2N3O/c17-11-8-12-15(13(18)9-11)19-14(20-16(12)22)10-21-6-4-2-1-3-5-7-21/h8-9H,1-7,10H2,(H,19,20,22). The normalized spacial score (nSPS) is 17.4. The molecule has 0 radical (unpaired) electrons. The number of halogens is 2. The summed E-state index contributed by atoms with van der Waals surface area (Å²) in [7, 11) is 0. The van der Waals surface area contributed by atoms with Crippen LogP contribution in [0.15, 0.2) is 25.9 Å². The molecule has 118 valence electrons. The van der Waals surface area contributed by atoms with Gasteiger partial charge in [0, 0.05) is 8.95 Å². The maximum absolute atomic E-state index is 12.3. The molecule has 1 aliphatic rings. The van der Waals surface area contributed by atoms with Gasteiger partial charge in [0.15, 0.2) is 0 Å². The Balaban J connectivity index is 1.89. The minimum Gasteiger partial charge on any atom is -0.309 e. The molecule has 4 nitrogen and oxygen atoms in total. The van der Waals surface area contributed by atoms with E-state index in [1.54, 1.807) is 0 Å². The Morgan fingerprint density at radius 2 is 1.77 bits per heavy atom. The van der Waals surface area contributed by atoms with Gasteiger partial charge in [0.25, 0.3) is 5.56 Å². The zero-order valence-electron chi connectivity index (χ0n) is 12.4. The topological polar surface area (TPSA) is 49.0 Å². The molecule has 0 spiro atoms. The smallest absolute Gasteiger partial charge is 0.258 e. The SMILES string of the molecule is O=c1[nH]c(CN2CCCCCCC2)nc2c(Br)cc(Br)cc12. The van der Waals surface area contributed by atoms with Crippen LogP contribution in [-0.2, 0) is 6.54 Å². The highest BCUT2D eigenvalue weighted by Crippen LogP contribution is 2.25. The van der Waals surface area contributed by atoms with Crippen LogP contribution in [0.5, 0.6) is 0 Å². The number of likely N-dealkylation sites (tertiary alicyclic amines) is 1. The molecule has 1 N–H and O–H groups in total. The van der Waals surface area contributed by atoms with Crippen LogP contribution in [0, 0.1) is 0 Å². The maximum atomic E-state index is 12.3. The molecule has 1 saturated heterocycles. The monoisotopic (exact) mass is 427 g/mol. The quantitative estimate of drug-likeness (QED) is 0.779. The molecule has 3 rings (SSSR count). The van der Waals surface area contributed by atoms with Crippen molar-refractivity contribution in [2.75, 3.05) is 13.1 Å². The van der Waals surface area contributed by atoms with Gasteiger partial charge in [-0.2, -0.15) is 0 Å². The first kappa shape index (κ1) is 16.1. The highest BCUT2D eigenvalue weighted by atomic mass is 79.9. The highest BCUT2D eigenvalue weighted by molar-refractivity contribution is 9.11. The Hall–Kier alpha value is -0.720. The van der Waals surface area contributed by atoms with Crippen LogP contribution in [-0.4, -0.2) is 28.0 Å². The summed E-state index contributed by atoms with van der Waals surface area (Å²) >= 11 is 6.92. The second-order valence-corrected chi connectivity index (χ2v) is 7.61. The van der Waals surface area contributed by atoms with Gasteiger partial charge in [0.2, 0.25) is 0 Å².